The van der Waals surface area contributed by atoms with Gasteiger partial charge < -0.3 is 4.74 Å². The van der Waals surface area contributed by atoms with Crippen molar-refractivity contribution in [3.05, 3.63) is 36.8 Å². The molecule has 0 aliphatic heterocycles. The molecule has 0 aliphatic rings. The van der Waals surface area contributed by atoms with Gasteiger partial charge in [-0.05, 0) is 30.5 Å². The van der Waals surface area contributed by atoms with Crippen molar-refractivity contribution >= 4 is 0 Å². The lowest BCUT2D eigenvalue weighted by atomic mass is 10.0. The van der Waals surface area contributed by atoms with Crippen molar-refractivity contribution in [2.24, 2.45) is 0 Å². The minimum Gasteiger partial charge on any atom is -0.497 e. The Bertz CT molecular complexity index is 315. The molecule has 0 fully saturated rings. The third-order valence-corrected chi connectivity index (χ3v) is 3.87. The predicted molar refractivity (Wildman–Crippen MR) is 88.2 cm³/mol. The van der Waals surface area contributed by atoms with Crippen LogP contribution in [0.3, 0.4) is 0 Å². The molecule has 0 aromatic heterocycles. The molecule has 0 unspecified atom stereocenters. The number of rotatable bonds is 12. The molecule has 1 nitrogen and oxygen atoms in total. The summed E-state index contributed by atoms with van der Waals surface area (Å²) >= 11 is 0. The summed E-state index contributed by atoms with van der Waals surface area (Å²) in [6.45, 7) is 3.88. The van der Waals surface area contributed by atoms with E-state index in [0.29, 0.717) is 0 Å². The normalized spacial score (nSPS) is 10.7. The van der Waals surface area contributed by atoms with E-state index >= 15 is 0 Å². The average Bonchev–Trinajstić information content (AvgIpc) is 2.50. The Labute approximate surface area is 125 Å². The van der Waals surface area contributed by atoms with Crippen LogP contribution < -0.4 is 4.74 Å². The van der Waals surface area contributed by atoms with Crippen LogP contribution in [0.1, 0.15) is 69.8 Å². The van der Waals surface area contributed by atoms with E-state index in [1.165, 1.54) is 69.8 Å². The lowest BCUT2D eigenvalue weighted by molar-refractivity contribution is 0.414. The van der Waals surface area contributed by atoms with Crippen LogP contribution >= 0.6 is 0 Å². The van der Waals surface area contributed by atoms with Crippen molar-refractivity contribution in [1.82, 2.24) is 0 Å². The van der Waals surface area contributed by atoms with Gasteiger partial charge in [-0.3, -0.25) is 0 Å². The smallest absolute Gasteiger partial charge is 0.118 e. The second kappa shape index (κ2) is 11.8. The highest BCUT2D eigenvalue weighted by atomic mass is 16.5. The molecule has 0 saturated carbocycles. The molecule has 1 aromatic carbocycles. The van der Waals surface area contributed by atoms with Crippen LogP contribution in [0.4, 0.5) is 0 Å². The van der Waals surface area contributed by atoms with E-state index in [0.717, 1.165) is 12.2 Å². The van der Waals surface area contributed by atoms with E-state index < -0.39 is 0 Å². The molecule has 113 valence electrons. The van der Waals surface area contributed by atoms with Crippen LogP contribution in [0.5, 0.6) is 5.75 Å². The molecule has 1 rings (SSSR count). The molecule has 0 bridgehead atoms. The first-order valence-electron chi connectivity index (χ1n) is 8.29. The fourth-order valence-corrected chi connectivity index (χ4v) is 2.54. The van der Waals surface area contributed by atoms with Crippen LogP contribution in [-0.4, -0.2) is 7.11 Å². The number of aryl methyl sites for hydroxylation is 1. The maximum Gasteiger partial charge on any atom is 0.118 e. The average molecular weight is 275 g/mol. The molecular formula is C19H31O. The zero-order chi connectivity index (χ0) is 14.5. The van der Waals surface area contributed by atoms with E-state index in [2.05, 4.69) is 31.2 Å². The van der Waals surface area contributed by atoms with E-state index in [4.69, 9.17) is 4.74 Å². The molecule has 0 saturated heterocycles. The van der Waals surface area contributed by atoms with Crippen LogP contribution in [-0.2, 0) is 6.42 Å². The summed E-state index contributed by atoms with van der Waals surface area (Å²) < 4.78 is 5.17. The molecule has 1 aromatic rings. The first kappa shape index (κ1) is 17.1. The first-order valence-corrected chi connectivity index (χ1v) is 8.29. The summed E-state index contributed by atoms with van der Waals surface area (Å²) in [4.78, 5) is 0. The van der Waals surface area contributed by atoms with Crippen molar-refractivity contribution in [3.8, 4) is 5.75 Å². The van der Waals surface area contributed by atoms with Crippen LogP contribution in [0.15, 0.2) is 24.3 Å². The Morgan fingerprint density at radius 2 is 1.25 bits per heavy atom. The fourth-order valence-electron chi connectivity index (χ4n) is 2.54. The Kier molecular flexibility index (Phi) is 10.1. The predicted octanol–water partition coefficient (Wildman–Crippen LogP) is 5.97. The van der Waals surface area contributed by atoms with Gasteiger partial charge >= 0.3 is 0 Å². The Hall–Kier alpha value is -0.980. The van der Waals surface area contributed by atoms with Crippen molar-refractivity contribution in [2.45, 2.75) is 70.6 Å². The number of ether oxygens (including phenoxy) is 1. The summed E-state index contributed by atoms with van der Waals surface area (Å²) in [6, 6.07) is 8.48. The minimum atomic E-state index is 0.951. The second-order valence-corrected chi connectivity index (χ2v) is 5.63. The van der Waals surface area contributed by atoms with E-state index in [1.54, 1.807) is 7.11 Å². The molecule has 0 N–H and O–H groups in total. The van der Waals surface area contributed by atoms with E-state index in [1.807, 2.05) is 0 Å². The van der Waals surface area contributed by atoms with Gasteiger partial charge in [-0.15, -0.1) is 0 Å². The van der Waals surface area contributed by atoms with Crippen molar-refractivity contribution < 1.29 is 4.74 Å². The number of benzene rings is 1. The number of hydrogen-bond acceptors (Lipinski definition) is 1. The Morgan fingerprint density at radius 3 is 1.75 bits per heavy atom. The van der Waals surface area contributed by atoms with Gasteiger partial charge in [0.25, 0.3) is 0 Å². The molecule has 1 radical (unpaired) electrons. The maximum atomic E-state index is 5.17. The zero-order valence-electron chi connectivity index (χ0n) is 13.2. The van der Waals surface area contributed by atoms with Crippen LogP contribution in [0, 0.1) is 6.92 Å². The molecule has 0 atom stereocenters. The van der Waals surface area contributed by atoms with Gasteiger partial charge in [-0.1, -0.05) is 76.8 Å². The Balaban J connectivity index is 1.91. The van der Waals surface area contributed by atoms with Crippen molar-refractivity contribution in [2.75, 3.05) is 7.11 Å². The maximum absolute atomic E-state index is 5.17. The largest absolute Gasteiger partial charge is 0.497 e. The van der Waals surface area contributed by atoms with Gasteiger partial charge in [0.2, 0.25) is 0 Å². The lowest BCUT2D eigenvalue weighted by Gasteiger charge is -2.04. The van der Waals surface area contributed by atoms with Crippen molar-refractivity contribution in [3.63, 3.8) is 0 Å². The molecule has 20 heavy (non-hydrogen) atoms. The number of unbranched alkanes of at least 4 members (excludes halogenated alkanes) is 9. The van der Waals surface area contributed by atoms with Crippen molar-refractivity contribution in [1.29, 1.82) is 0 Å². The minimum absolute atomic E-state index is 0.951. The quantitative estimate of drug-likeness (QED) is 0.427. The highest BCUT2D eigenvalue weighted by Gasteiger charge is 1.96. The van der Waals surface area contributed by atoms with Gasteiger partial charge in [0, 0.05) is 0 Å². The molecule has 0 spiro atoms. The molecule has 1 heteroatoms. The van der Waals surface area contributed by atoms with Gasteiger partial charge in [-0.2, -0.15) is 0 Å². The van der Waals surface area contributed by atoms with Crippen LogP contribution in [0.2, 0.25) is 0 Å². The van der Waals surface area contributed by atoms with E-state index in [9.17, 15) is 0 Å². The topological polar surface area (TPSA) is 9.23 Å². The standard InChI is InChI=1S/C19H31O/c1-3-4-5-6-7-8-9-10-11-12-13-18-14-16-19(20-2)17-15-18/h14-17H,1,3-13H2,2H3. The van der Waals surface area contributed by atoms with Gasteiger partial charge in [0.05, 0.1) is 7.11 Å². The summed E-state index contributed by atoms with van der Waals surface area (Å²) in [6.07, 6.45) is 14.7. The van der Waals surface area contributed by atoms with Crippen LogP contribution in [0.25, 0.3) is 0 Å². The van der Waals surface area contributed by atoms with E-state index in [-0.39, 0.29) is 0 Å². The highest BCUT2D eigenvalue weighted by Crippen LogP contribution is 2.15. The lowest BCUT2D eigenvalue weighted by Crippen LogP contribution is -1.88. The fraction of sp³-hybridized carbons (Fsp3) is 0.632. The highest BCUT2D eigenvalue weighted by molar-refractivity contribution is 5.27. The molecule has 0 heterocycles. The summed E-state index contributed by atoms with van der Waals surface area (Å²) in [5.41, 5.74) is 1.43. The molecule has 0 aliphatic carbocycles. The summed E-state index contributed by atoms with van der Waals surface area (Å²) in [5, 5.41) is 0. The summed E-state index contributed by atoms with van der Waals surface area (Å²) in [7, 11) is 1.72. The SMILES string of the molecule is [CH2]CCCCCCCCCCCc1ccc(OC)cc1. The third kappa shape index (κ3) is 8.24. The first-order chi connectivity index (χ1) is 9.86. The number of methoxy groups -OCH3 is 1. The zero-order valence-corrected chi connectivity index (χ0v) is 13.2. The second-order valence-electron chi connectivity index (χ2n) is 5.63. The van der Waals surface area contributed by atoms with Gasteiger partial charge in [0.1, 0.15) is 5.75 Å². The Morgan fingerprint density at radius 1 is 0.750 bits per heavy atom. The third-order valence-electron chi connectivity index (χ3n) is 3.87. The summed E-state index contributed by atoms with van der Waals surface area (Å²) in [5.74, 6) is 0.951. The monoisotopic (exact) mass is 275 g/mol. The van der Waals surface area contributed by atoms with Gasteiger partial charge in [-0.25, -0.2) is 0 Å². The van der Waals surface area contributed by atoms with Gasteiger partial charge in [0.15, 0.2) is 0 Å². The number of hydrogen-bond donors (Lipinski definition) is 0. The molecule has 0 amide bonds. The molecular weight excluding hydrogens is 244 g/mol.